The van der Waals surface area contributed by atoms with Gasteiger partial charge in [-0.2, -0.15) is 5.10 Å². The second-order valence-electron chi connectivity index (χ2n) is 6.35. The minimum absolute atomic E-state index is 0.0390. The summed E-state index contributed by atoms with van der Waals surface area (Å²) in [5.74, 6) is 0.396. The summed E-state index contributed by atoms with van der Waals surface area (Å²) in [5, 5.41) is 19.1. The van der Waals surface area contributed by atoms with Gasteiger partial charge in [-0.15, -0.1) is 5.10 Å². The van der Waals surface area contributed by atoms with Gasteiger partial charge in [-0.05, 0) is 35.4 Å². The van der Waals surface area contributed by atoms with E-state index in [1.165, 1.54) is 11.0 Å². The van der Waals surface area contributed by atoms with Crippen LogP contribution in [0.1, 0.15) is 24.5 Å². The number of carbonyl (C=O) groups is 1. The maximum atomic E-state index is 12.3. The lowest BCUT2D eigenvalue weighted by molar-refractivity contribution is -0.133. The summed E-state index contributed by atoms with van der Waals surface area (Å²) in [5.41, 5.74) is 2.86. The van der Waals surface area contributed by atoms with Crippen LogP contribution in [0.3, 0.4) is 0 Å². The van der Waals surface area contributed by atoms with Gasteiger partial charge in [0.15, 0.2) is 0 Å². The Kier molecular flexibility index (Phi) is 4.66. The molecule has 1 fully saturated rings. The van der Waals surface area contributed by atoms with E-state index in [-0.39, 0.29) is 12.5 Å². The van der Waals surface area contributed by atoms with Crippen molar-refractivity contribution in [2.24, 2.45) is 0 Å². The molecule has 0 unspecified atom stereocenters. The molecule has 0 aliphatic carbocycles. The maximum Gasteiger partial charge on any atom is 0.244 e. The number of piperidine rings is 1. The van der Waals surface area contributed by atoms with Crippen molar-refractivity contribution >= 4 is 17.5 Å². The first-order valence-corrected chi connectivity index (χ1v) is 8.87. The van der Waals surface area contributed by atoms with Crippen molar-refractivity contribution in [3.8, 4) is 11.3 Å². The molecule has 4 rings (SSSR count). The Morgan fingerprint density at radius 3 is 2.81 bits per heavy atom. The van der Waals surface area contributed by atoms with Gasteiger partial charge in [0.05, 0.1) is 10.7 Å². The molecule has 26 heavy (non-hydrogen) atoms. The third-order valence-corrected chi connectivity index (χ3v) is 5.05. The zero-order chi connectivity index (χ0) is 17.9. The average Bonchev–Trinajstić information content (AvgIpc) is 3.34. The second-order valence-corrected chi connectivity index (χ2v) is 6.76. The van der Waals surface area contributed by atoms with Gasteiger partial charge in [-0.25, -0.2) is 4.68 Å². The first-order valence-electron chi connectivity index (χ1n) is 8.49. The number of nitrogens with one attached hydrogen (secondary N) is 1. The number of likely N-dealkylation sites (tertiary alicyclic amines) is 1. The minimum atomic E-state index is 0.0390. The number of halogens is 1. The number of H-pyrrole nitrogens is 1. The number of carbonyl (C=O) groups excluding carboxylic acids is 1. The first-order chi connectivity index (χ1) is 12.7. The summed E-state index contributed by atoms with van der Waals surface area (Å²) < 4.78 is 1.44. The minimum Gasteiger partial charge on any atom is -0.341 e. The molecule has 134 valence electrons. The molecule has 1 saturated heterocycles. The number of hydrogen-bond donors (Lipinski definition) is 1. The highest BCUT2D eigenvalue weighted by molar-refractivity contribution is 6.33. The monoisotopic (exact) mass is 371 g/mol. The molecule has 0 radical (unpaired) electrons. The van der Waals surface area contributed by atoms with E-state index in [1.54, 1.807) is 0 Å². The van der Waals surface area contributed by atoms with E-state index in [2.05, 4.69) is 31.8 Å². The van der Waals surface area contributed by atoms with Gasteiger partial charge in [-0.3, -0.25) is 9.89 Å². The van der Waals surface area contributed by atoms with Crippen LogP contribution in [0.15, 0.2) is 36.7 Å². The molecule has 1 aliphatic heterocycles. The molecule has 0 bridgehead atoms. The van der Waals surface area contributed by atoms with Gasteiger partial charge < -0.3 is 4.90 Å². The Bertz CT molecular complexity index is 884. The lowest BCUT2D eigenvalue weighted by Crippen LogP contribution is -2.39. The van der Waals surface area contributed by atoms with Gasteiger partial charge in [0.1, 0.15) is 12.9 Å². The summed E-state index contributed by atoms with van der Waals surface area (Å²) in [6, 6.07) is 9.73. The lowest BCUT2D eigenvalue weighted by atomic mass is 9.93. The molecule has 1 N–H and O–H groups in total. The quantitative estimate of drug-likeness (QED) is 0.758. The highest BCUT2D eigenvalue weighted by Gasteiger charge is 2.25. The highest BCUT2D eigenvalue weighted by atomic mass is 35.5. The summed E-state index contributed by atoms with van der Waals surface area (Å²) in [6.45, 7) is 1.61. The fourth-order valence-electron chi connectivity index (χ4n) is 3.28. The van der Waals surface area contributed by atoms with Crippen LogP contribution in [0.2, 0.25) is 5.02 Å². The van der Waals surface area contributed by atoms with Gasteiger partial charge >= 0.3 is 0 Å². The molecule has 3 heterocycles. The fourth-order valence-corrected chi connectivity index (χ4v) is 3.52. The molecular formula is C17H18ClN7O. The predicted molar refractivity (Wildman–Crippen MR) is 95.4 cm³/mol. The van der Waals surface area contributed by atoms with Crippen LogP contribution >= 0.6 is 11.6 Å². The van der Waals surface area contributed by atoms with E-state index in [1.807, 2.05) is 29.2 Å². The fraction of sp³-hybridized carbons (Fsp3) is 0.353. The number of amides is 1. The molecule has 2 aromatic heterocycles. The van der Waals surface area contributed by atoms with Crippen LogP contribution in [0.25, 0.3) is 11.3 Å². The lowest BCUT2D eigenvalue weighted by Gasteiger charge is -2.31. The normalized spacial score (nSPS) is 15.3. The number of tetrazole rings is 1. The predicted octanol–water partition coefficient (Wildman–Crippen LogP) is 2.12. The van der Waals surface area contributed by atoms with E-state index in [4.69, 9.17) is 11.6 Å². The van der Waals surface area contributed by atoms with Crippen LogP contribution in [-0.4, -0.2) is 54.3 Å². The maximum absolute atomic E-state index is 12.3. The van der Waals surface area contributed by atoms with E-state index in [9.17, 15) is 4.79 Å². The number of nitrogens with zero attached hydrogens (tertiary/aromatic N) is 6. The molecule has 1 aromatic carbocycles. The van der Waals surface area contributed by atoms with Gasteiger partial charge in [0, 0.05) is 30.3 Å². The summed E-state index contributed by atoms with van der Waals surface area (Å²) in [7, 11) is 0. The van der Waals surface area contributed by atoms with Gasteiger partial charge in [0.25, 0.3) is 0 Å². The van der Waals surface area contributed by atoms with Crippen molar-refractivity contribution < 1.29 is 4.79 Å². The van der Waals surface area contributed by atoms with Crippen molar-refractivity contribution in [1.29, 1.82) is 0 Å². The molecule has 1 aliphatic rings. The van der Waals surface area contributed by atoms with Crippen molar-refractivity contribution in [2.75, 3.05) is 13.1 Å². The van der Waals surface area contributed by atoms with Crippen molar-refractivity contribution in [3.63, 3.8) is 0 Å². The highest BCUT2D eigenvalue weighted by Crippen LogP contribution is 2.31. The van der Waals surface area contributed by atoms with Gasteiger partial charge in [0.2, 0.25) is 5.91 Å². The number of rotatable bonds is 4. The van der Waals surface area contributed by atoms with Crippen LogP contribution in [0, 0.1) is 0 Å². The van der Waals surface area contributed by atoms with Crippen LogP contribution in [0.5, 0.6) is 0 Å². The third-order valence-electron chi connectivity index (χ3n) is 4.72. The Balaban J connectivity index is 1.38. The largest absolute Gasteiger partial charge is 0.341 e. The SMILES string of the molecule is O=C(Cn1cnnn1)N1CCC(c2cc(-c3ccccc3Cl)n[nH]2)CC1. The Labute approximate surface area is 155 Å². The van der Waals surface area contributed by atoms with Crippen molar-refractivity contribution in [3.05, 3.63) is 47.4 Å². The number of benzene rings is 1. The van der Waals surface area contributed by atoms with Crippen LogP contribution in [-0.2, 0) is 11.3 Å². The smallest absolute Gasteiger partial charge is 0.244 e. The molecule has 0 saturated carbocycles. The van der Waals surface area contributed by atoms with Crippen molar-refractivity contribution in [2.45, 2.75) is 25.3 Å². The molecule has 0 spiro atoms. The Morgan fingerprint density at radius 2 is 2.08 bits per heavy atom. The summed E-state index contributed by atoms with van der Waals surface area (Å²) in [6.07, 6.45) is 3.24. The van der Waals surface area contributed by atoms with E-state index in [0.717, 1.165) is 29.8 Å². The number of aromatic amines is 1. The van der Waals surface area contributed by atoms with Crippen LogP contribution in [0.4, 0.5) is 0 Å². The molecule has 9 heteroatoms. The van der Waals surface area contributed by atoms with Crippen LogP contribution < -0.4 is 0 Å². The topological polar surface area (TPSA) is 92.6 Å². The summed E-state index contributed by atoms with van der Waals surface area (Å²) >= 11 is 6.25. The molecule has 8 nitrogen and oxygen atoms in total. The zero-order valence-electron chi connectivity index (χ0n) is 14.0. The van der Waals surface area contributed by atoms with E-state index in [0.29, 0.717) is 24.0 Å². The Morgan fingerprint density at radius 1 is 1.27 bits per heavy atom. The standard InChI is InChI=1S/C17H18ClN7O/c18-14-4-2-1-3-13(14)16-9-15(20-21-16)12-5-7-24(8-6-12)17(26)10-25-11-19-22-23-25/h1-4,9,11-12H,5-8,10H2,(H,20,21). The number of aromatic nitrogens is 6. The molecule has 3 aromatic rings. The van der Waals surface area contributed by atoms with Crippen molar-refractivity contribution in [1.82, 2.24) is 35.3 Å². The van der Waals surface area contributed by atoms with E-state index < -0.39 is 0 Å². The molecule has 1 amide bonds. The first kappa shape index (κ1) is 16.7. The summed E-state index contributed by atoms with van der Waals surface area (Å²) in [4.78, 5) is 14.2. The molecule has 0 atom stereocenters. The van der Waals surface area contributed by atoms with E-state index >= 15 is 0 Å². The van der Waals surface area contributed by atoms with Gasteiger partial charge in [-0.1, -0.05) is 29.8 Å². The zero-order valence-corrected chi connectivity index (χ0v) is 14.8. The second kappa shape index (κ2) is 7.25. The Hall–Kier alpha value is -2.74. The third kappa shape index (κ3) is 3.45. The number of hydrogen-bond acceptors (Lipinski definition) is 5. The molecular weight excluding hydrogens is 354 g/mol. The average molecular weight is 372 g/mol.